The third-order valence-corrected chi connectivity index (χ3v) is 3.84. The number of nitrogens with two attached hydrogens (primary N) is 1. The summed E-state index contributed by atoms with van der Waals surface area (Å²) >= 11 is 5.03. The monoisotopic (exact) mass is 311 g/mol. The van der Waals surface area contributed by atoms with Gasteiger partial charge < -0.3 is 14.9 Å². The second-order valence-corrected chi connectivity index (χ2v) is 5.61. The Balaban J connectivity index is 1.82. The van der Waals surface area contributed by atoms with Gasteiger partial charge >= 0.3 is 0 Å². The Bertz CT molecular complexity index is 802. The molecule has 0 unspecified atom stereocenters. The van der Waals surface area contributed by atoms with Crippen LogP contribution in [-0.2, 0) is 20.0 Å². The van der Waals surface area contributed by atoms with E-state index in [1.807, 2.05) is 48.4 Å². The smallest absolute Gasteiger partial charge is 0.116 e. The molecule has 0 amide bonds. The molecule has 6 heteroatoms. The average molecular weight is 311 g/mol. The van der Waals surface area contributed by atoms with Gasteiger partial charge in [-0.2, -0.15) is 0 Å². The summed E-state index contributed by atoms with van der Waals surface area (Å²) in [4.78, 5) is 9.21. The van der Waals surface area contributed by atoms with Crippen LogP contribution in [0.15, 0.2) is 49.1 Å². The molecular formula is C16H17N5S. The molecule has 5 nitrogen and oxygen atoms in total. The lowest BCUT2D eigenvalue weighted by molar-refractivity contribution is 0.711. The van der Waals surface area contributed by atoms with Crippen molar-refractivity contribution < 1.29 is 0 Å². The van der Waals surface area contributed by atoms with Gasteiger partial charge in [0.2, 0.25) is 0 Å². The molecule has 0 aliphatic heterocycles. The van der Waals surface area contributed by atoms with E-state index < -0.39 is 0 Å². The van der Waals surface area contributed by atoms with Crippen molar-refractivity contribution in [2.75, 3.05) is 0 Å². The molecule has 0 saturated carbocycles. The van der Waals surface area contributed by atoms with Crippen LogP contribution in [0.25, 0.3) is 0 Å². The van der Waals surface area contributed by atoms with Crippen LogP contribution >= 0.6 is 12.2 Å². The molecule has 1 aromatic carbocycles. The lowest BCUT2D eigenvalue weighted by Gasteiger charge is -2.09. The fourth-order valence-electron chi connectivity index (χ4n) is 2.38. The van der Waals surface area contributed by atoms with Crippen molar-refractivity contribution in [3.05, 3.63) is 71.8 Å². The summed E-state index contributed by atoms with van der Waals surface area (Å²) < 4.78 is 4.12. The molecule has 0 spiro atoms. The fraction of sp³-hybridized carbons (Fsp3) is 0.188. The van der Waals surface area contributed by atoms with E-state index in [2.05, 4.69) is 20.6 Å². The molecule has 3 aromatic rings. The van der Waals surface area contributed by atoms with Crippen LogP contribution in [0.5, 0.6) is 0 Å². The third kappa shape index (κ3) is 3.07. The fourth-order valence-corrected chi connectivity index (χ4v) is 2.51. The Morgan fingerprint density at radius 3 is 2.68 bits per heavy atom. The summed E-state index contributed by atoms with van der Waals surface area (Å²) in [7, 11) is 1.99. The Kier molecular flexibility index (Phi) is 4.02. The van der Waals surface area contributed by atoms with Crippen molar-refractivity contribution in [3.8, 4) is 0 Å². The van der Waals surface area contributed by atoms with E-state index >= 15 is 0 Å². The van der Waals surface area contributed by atoms with E-state index in [4.69, 9.17) is 18.0 Å². The van der Waals surface area contributed by atoms with E-state index in [0.29, 0.717) is 11.4 Å². The minimum absolute atomic E-state index is 0.417. The number of nitrogens with zero attached hydrogens (tertiary/aromatic N) is 4. The maximum Gasteiger partial charge on any atom is 0.116 e. The van der Waals surface area contributed by atoms with Crippen LogP contribution in [-0.4, -0.2) is 24.1 Å². The lowest BCUT2D eigenvalue weighted by atomic mass is 10.1. The Hall–Kier alpha value is -2.47. The molecule has 2 heterocycles. The van der Waals surface area contributed by atoms with E-state index in [0.717, 1.165) is 29.3 Å². The summed E-state index contributed by atoms with van der Waals surface area (Å²) in [5.74, 6) is 1.97. The molecule has 112 valence electrons. The molecule has 0 atom stereocenters. The van der Waals surface area contributed by atoms with Crippen LogP contribution in [0.3, 0.4) is 0 Å². The van der Waals surface area contributed by atoms with Gasteiger partial charge in [0.25, 0.3) is 0 Å². The zero-order valence-corrected chi connectivity index (χ0v) is 13.1. The van der Waals surface area contributed by atoms with Gasteiger partial charge in [-0.25, -0.2) is 9.97 Å². The first-order valence-electron chi connectivity index (χ1n) is 6.98. The van der Waals surface area contributed by atoms with Gasteiger partial charge in [0.15, 0.2) is 0 Å². The molecule has 22 heavy (non-hydrogen) atoms. The predicted molar refractivity (Wildman–Crippen MR) is 89.7 cm³/mol. The standard InChI is InChI=1S/C16H17N5S/c1-20-7-5-18-14(20)10-15-19-6-8-21(15)11-12-3-2-4-13(9-12)16(17)22/h2-9H,10-11H2,1H3,(H2,17,22). The summed E-state index contributed by atoms with van der Waals surface area (Å²) in [6, 6.07) is 7.98. The number of imidazole rings is 2. The zero-order chi connectivity index (χ0) is 15.5. The average Bonchev–Trinajstić information content (AvgIpc) is 3.10. The highest BCUT2D eigenvalue weighted by Gasteiger charge is 2.08. The molecule has 0 aliphatic rings. The largest absolute Gasteiger partial charge is 0.389 e. The highest BCUT2D eigenvalue weighted by atomic mass is 32.1. The van der Waals surface area contributed by atoms with Crippen molar-refractivity contribution in [1.29, 1.82) is 0 Å². The van der Waals surface area contributed by atoms with Crippen LogP contribution in [0.2, 0.25) is 0 Å². The number of thiocarbonyl (C=S) groups is 1. The molecule has 3 rings (SSSR count). The summed E-state index contributed by atoms with van der Waals surface area (Å²) in [5.41, 5.74) is 7.72. The maximum atomic E-state index is 5.69. The maximum absolute atomic E-state index is 5.69. The minimum atomic E-state index is 0.417. The first-order chi connectivity index (χ1) is 10.6. The number of benzene rings is 1. The van der Waals surface area contributed by atoms with Crippen molar-refractivity contribution in [2.24, 2.45) is 12.8 Å². The van der Waals surface area contributed by atoms with Gasteiger partial charge in [-0.3, -0.25) is 0 Å². The second kappa shape index (κ2) is 6.11. The molecule has 2 N–H and O–H groups in total. The molecule has 0 fully saturated rings. The molecule has 0 saturated heterocycles. The van der Waals surface area contributed by atoms with Crippen LogP contribution in [0.1, 0.15) is 22.8 Å². The van der Waals surface area contributed by atoms with E-state index in [1.165, 1.54) is 0 Å². The van der Waals surface area contributed by atoms with Crippen LogP contribution < -0.4 is 5.73 Å². The van der Waals surface area contributed by atoms with Gasteiger partial charge in [0.05, 0.1) is 6.42 Å². The Labute approximate surface area is 134 Å². The van der Waals surface area contributed by atoms with E-state index in [1.54, 1.807) is 6.20 Å². The SMILES string of the molecule is Cn1ccnc1Cc1nccn1Cc1cccc(C(N)=S)c1. The van der Waals surface area contributed by atoms with Gasteiger partial charge in [-0.1, -0.05) is 30.4 Å². The van der Waals surface area contributed by atoms with Gasteiger partial charge in [0.1, 0.15) is 16.6 Å². The predicted octanol–water partition coefficient (Wildman–Crippen LogP) is 1.89. The zero-order valence-electron chi connectivity index (χ0n) is 12.3. The normalized spacial score (nSPS) is 10.8. The number of aromatic nitrogens is 4. The number of hydrogen-bond donors (Lipinski definition) is 1. The summed E-state index contributed by atoms with van der Waals surface area (Å²) in [5, 5.41) is 0. The van der Waals surface area contributed by atoms with Crippen molar-refractivity contribution in [2.45, 2.75) is 13.0 Å². The van der Waals surface area contributed by atoms with Gasteiger partial charge in [-0.05, 0) is 11.6 Å². The topological polar surface area (TPSA) is 61.7 Å². The van der Waals surface area contributed by atoms with Crippen molar-refractivity contribution >= 4 is 17.2 Å². The molecular weight excluding hydrogens is 294 g/mol. The highest BCUT2D eigenvalue weighted by Crippen LogP contribution is 2.11. The van der Waals surface area contributed by atoms with Crippen molar-refractivity contribution in [3.63, 3.8) is 0 Å². The van der Waals surface area contributed by atoms with Gasteiger partial charge in [0, 0.05) is 43.9 Å². The molecule has 2 aromatic heterocycles. The number of hydrogen-bond acceptors (Lipinski definition) is 3. The second-order valence-electron chi connectivity index (χ2n) is 5.17. The highest BCUT2D eigenvalue weighted by molar-refractivity contribution is 7.80. The first-order valence-corrected chi connectivity index (χ1v) is 7.39. The quantitative estimate of drug-likeness (QED) is 0.731. The van der Waals surface area contributed by atoms with E-state index in [9.17, 15) is 0 Å². The first kappa shape index (κ1) is 14.5. The summed E-state index contributed by atoms with van der Waals surface area (Å²) in [6.07, 6.45) is 8.23. The Morgan fingerprint density at radius 1 is 1.18 bits per heavy atom. The van der Waals surface area contributed by atoms with Crippen molar-refractivity contribution in [1.82, 2.24) is 19.1 Å². The van der Waals surface area contributed by atoms with Crippen LogP contribution in [0.4, 0.5) is 0 Å². The number of rotatable bonds is 5. The lowest BCUT2D eigenvalue weighted by Crippen LogP contribution is -2.11. The molecule has 0 bridgehead atoms. The number of aryl methyl sites for hydroxylation is 1. The Morgan fingerprint density at radius 2 is 1.95 bits per heavy atom. The molecule has 0 aliphatic carbocycles. The minimum Gasteiger partial charge on any atom is -0.389 e. The van der Waals surface area contributed by atoms with E-state index in [-0.39, 0.29) is 0 Å². The molecule has 0 radical (unpaired) electrons. The van der Waals surface area contributed by atoms with Crippen LogP contribution in [0, 0.1) is 0 Å². The summed E-state index contributed by atoms with van der Waals surface area (Å²) in [6.45, 7) is 0.732. The van der Waals surface area contributed by atoms with Gasteiger partial charge in [-0.15, -0.1) is 0 Å². The third-order valence-electron chi connectivity index (χ3n) is 3.60.